The summed E-state index contributed by atoms with van der Waals surface area (Å²) in [5.74, 6) is -0.985. The summed E-state index contributed by atoms with van der Waals surface area (Å²) >= 11 is 0. The number of halogens is 1. The molecule has 1 amide bonds. The maximum atomic E-state index is 13.0. The van der Waals surface area contributed by atoms with Crippen LogP contribution in [0.1, 0.15) is 28.3 Å². The molecule has 0 saturated carbocycles. The molecule has 0 spiro atoms. The van der Waals surface area contributed by atoms with E-state index in [-0.39, 0.29) is 30.0 Å². The molecule has 2 aromatic rings. The monoisotopic (exact) mass is 313 g/mol. The number of benzene rings is 2. The Bertz CT molecular complexity index is 742. The van der Waals surface area contributed by atoms with E-state index in [1.807, 2.05) is 24.3 Å². The smallest absolute Gasteiger partial charge is 0.306 e. The number of para-hydroxylation sites is 1. The van der Waals surface area contributed by atoms with E-state index in [1.165, 1.54) is 31.4 Å². The maximum absolute atomic E-state index is 13.0. The molecule has 0 aromatic heterocycles. The van der Waals surface area contributed by atoms with Gasteiger partial charge in [-0.1, -0.05) is 18.2 Å². The Balaban J connectivity index is 1.90. The Morgan fingerprint density at radius 2 is 1.87 bits per heavy atom. The largest absolute Gasteiger partial charge is 0.469 e. The molecule has 1 aliphatic heterocycles. The number of esters is 1. The predicted molar refractivity (Wildman–Crippen MR) is 83.9 cm³/mol. The van der Waals surface area contributed by atoms with E-state index in [1.54, 1.807) is 4.90 Å². The number of amides is 1. The molecule has 0 fully saturated rings. The lowest BCUT2D eigenvalue weighted by Gasteiger charge is -2.18. The fourth-order valence-corrected chi connectivity index (χ4v) is 2.90. The molecule has 4 nitrogen and oxygen atoms in total. The molecule has 118 valence electrons. The Labute approximate surface area is 133 Å². The third-order valence-corrected chi connectivity index (χ3v) is 4.05. The zero-order valence-electron chi connectivity index (χ0n) is 12.7. The molecular formula is C18H16FNO3. The normalized spacial score (nSPS) is 16.1. The number of hydrogen-bond donors (Lipinski definition) is 0. The fraction of sp³-hybridized carbons (Fsp3) is 0.222. The van der Waals surface area contributed by atoms with Gasteiger partial charge in [-0.15, -0.1) is 0 Å². The first-order valence-corrected chi connectivity index (χ1v) is 7.33. The summed E-state index contributed by atoms with van der Waals surface area (Å²) in [6, 6.07) is 13.0. The SMILES string of the molecule is COC(=O)C[C@@H]1CN(C(=O)c2ccc(F)cc2)c2ccccc21. The van der Waals surface area contributed by atoms with Gasteiger partial charge < -0.3 is 9.64 Å². The number of ether oxygens (including phenoxy) is 1. The van der Waals surface area contributed by atoms with Crippen LogP contribution in [-0.4, -0.2) is 25.5 Å². The van der Waals surface area contributed by atoms with E-state index in [0.717, 1.165) is 11.3 Å². The van der Waals surface area contributed by atoms with E-state index >= 15 is 0 Å². The van der Waals surface area contributed by atoms with Gasteiger partial charge in [0.05, 0.1) is 13.5 Å². The summed E-state index contributed by atoms with van der Waals surface area (Å²) in [7, 11) is 1.35. The number of fused-ring (bicyclic) bond motifs is 1. The summed E-state index contributed by atoms with van der Waals surface area (Å²) in [6.45, 7) is 0.407. The topological polar surface area (TPSA) is 46.6 Å². The predicted octanol–water partition coefficient (Wildman–Crippen LogP) is 3.13. The Hall–Kier alpha value is -2.69. The van der Waals surface area contributed by atoms with Gasteiger partial charge in [-0.2, -0.15) is 0 Å². The van der Waals surface area contributed by atoms with Crippen molar-refractivity contribution in [1.82, 2.24) is 0 Å². The lowest BCUT2D eigenvalue weighted by atomic mass is 9.98. The first kappa shape index (κ1) is 15.2. The molecule has 3 rings (SSSR count). The second-order valence-corrected chi connectivity index (χ2v) is 5.46. The van der Waals surface area contributed by atoms with Gasteiger partial charge in [0.2, 0.25) is 0 Å². The standard InChI is InChI=1S/C18H16FNO3/c1-23-17(21)10-13-11-20(16-5-3-2-4-15(13)16)18(22)12-6-8-14(19)9-7-12/h2-9,13H,10-11H2,1H3/t13-/m1/s1. The van der Waals surface area contributed by atoms with E-state index in [2.05, 4.69) is 0 Å². The third kappa shape index (κ3) is 2.95. The van der Waals surface area contributed by atoms with Gasteiger partial charge in [0.1, 0.15) is 5.82 Å². The minimum atomic E-state index is -0.382. The highest BCUT2D eigenvalue weighted by molar-refractivity contribution is 6.07. The molecule has 23 heavy (non-hydrogen) atoms. The van der Waals surface area contributed by atoms with Gasteiger partial charge >= 0.3 is 5.97 Å². The molecule has 1 aliphatic rings. The Kier molecular flexibility index (Phi) is 4.10. The fourth-order valence-electron chi connectivity index (χ4n) is 2.90. The number of anilines is 1. The zero-order valence-corrected chi connectivity index (χ0v) is 12.7. The minimum Gasteiger partial charge on any atom is -0.469 e. The highest BCUT2D eigenvalue weighted by Gasteiger charge is 2.33. The van der Waals surface area contributed by atoms with Gasteiger partial charge in [-0.3, -0.25) is 9.59 Å². The van der Waals surface area contributed by atoms with Crippen LogP contribution >= 0.6 is 0 Å². The van der Waals surface area contributed by atoms with Crippen molar-refractivity contribution in [2.45, 2.75) is 12.3 Å². The Morgan fingerprint density at radius 3 is 2.57 bits per heavy atom. The van der Waals surface area contributed by atoms with E-state index < -0.39 is 0 Å². The second kappa shape index (κ2) is 6.20. The molecule has 0 aliphatic carbocycles. The van der Waals surface area contributed by atoms with Crippen LogP contribution in [-0.2, 0) is 9.53 Å². The Morgan fingerprint density at radius 1 is 1.17 bits per heavy atom. The van der Waals surface area contributed by atoms with Crippen LogP contribution in [0.15, 0.2) is 48.5 Å². The summed E-state index contributed by atoms with van der Waals surface area (Å²) in [4.78, 5) is 25.9. The highest BCUT2D eigenvalue weighted by atomic mass is 19.1. The van der Waals surface area contributed by atoms with Crippen LogP contribution in [0, 0.1) is 5.82 Å². The number of methoxy groups -OCH3 is 1. The summed E-state index contributed by atoms with van der Waals surface area (Å²) in [6.07, 6.45) is 0.223. The van der Waals surface area contributed by atoms with Gasteiger partial charge in [0.25, 0.3) is 5.91 Å². The highest BCUT2D eigenvalue weighted by Crippen LogP contribution is 2.38. The number of nitrogens with zero attached hydrogens (tertiary/aromatic N) is 1. The first-order valence-electron chi connectivity index (χ1n) is 7.33. The van der Waals surface area contributed by atoms with Crippen molar-refractivity contribution in [2.75, 3.05) is 18.6 Å². The lowest BCUT2D eigenvalue weighted by molar-refractivity contribution is -0.141. The van der Waals surface area contributed by atoms with Gasteiger partial charge in [0.15, 0.2) is 0 Å². The summed E-state index contributed by atoms with van der Waals surface area (Å²) < 4.78 is 17.8. The van der Waals surface area contributed by atoms with E-state index in [0.29, 0.717) is 12.1 Å². The average Bonchev–Trinajstić information content (AvgIpc) is 2.93. The molecule has 0 radical (unpaired) electrons. The van der Waals surface area contributed by atoms with Crippen molar-refractivity contribution in [3.63, 3.8) is 0 Å². The molecular weight excluding hydrogens is 297 g/mol. The van der Waals surface area contributed by atoms with Crippen molar-refractivity contribution in [1.29, 1.82) is 0 Å². The lowest BCUT2D eigenvalue weighted by Crippen LogP contribution is -2.30. The molecule has 0 bridgehead atoms. The van der Waals surface area contributed by atoms with Crippen LogP contribution in [0.2, 0.25) is 0 Å². The number of carbonyl (C=O) groups excluding carboxylic acids is 2. The zero-order chi connectivity index (χ0) is 16.4. The number of carbonyl (C=O) groups is 2. The van der Waals surface area contributed by atoms with Crippen molar-refractivity contribution in [2.24, 2.45) is 0 Å². The van der Waals surface area contributed by atoms with E-state index in [4.69, 9.17) is 4.74 Å². The molecule has 0 unspecified atom stereocenters. The maximum Gasteiger partial charge on any atom is 0.306 e. The number of rotatable bonds is 3. The summed E-state index contributed by atoms with van der Waals surface area (Å²) in [5.41, 5.74) is 2.16. The van der Waals surface area contributed by atoms with Gasteiger partial charge in [-0.25, -0.2) is 4.39 Å². The van der Waals surface area contributed by atoms with Gasteiger partial charge in [-0.05, 0) is 35.9 Å². The van der Waals surface area contributed by atoms with Crippen LogP contribution in [0.5, 0.6) is 0 Å². The second-order valence-electron chi connectivity index (χ2n) is 5.46. The quantitative estimate of drug-likeness (QED) is 0.818. The van der Waals surface area contributed by atoms with Crippen LogP contribution in [0.3, 0.4) is 0 Å². The average molecular weight is 313 g/mol. The molecule has 0 saturated heterocycles. The molecule has 1 atom stereocenters. The van der Waals surface area contributed by atoms with Crippen LogP contribution in [0.25, 0.3) is 0 Å². The first-order chi connectivity index (χ1) is 11.1. The third-order valence-electron chi connectivity index (χ3n) is 4.05. The van der Waals surface area contributed by atoms with Crippen molar-refractivity contribution >= 4 is 17.6 Å². The van der Waals surface area contributed by atoms with Crippen LogP contribution in [0.4, 0.5) is 10.1 Å². The van der Waals surface area contributed by atoms with E-state index in [9.17, 15) is 14.0 Å². The molecule has 5 heteroatoms. The molecule has 1 heterocycles. The minimum absolute atomic E-state index is 0.0944. The number of hydrogen-bond acceptors (Lipinski definition) is 3. The van der Waals surface area contributed by atoms with Crippen molar-refractivity contribution in [3.8, 4) is 0 Å². The van der Waals surface area contributed by atoms with Crippen molar-refractivity contribution < 1.29 is 18.7 Å². The van der Waals surface area contributed by atoms with Crippen molar-refractivity contribution in [3.05, 3.63) is 65.5 Å². The van der Waals surface area contributed by atoms with Gasteiger partial charge in [0, 0.05) is 23.7 Å². The molecule has 0 N–H and O–H groups in total. The molecule has 2 aromatic carbocycles. The van der Waals surface area contributed by atoms with Crippen LogP contribution < -0.4 is 4.90 Å². The summed E-state index contributed by atoms with van der Waals surface area (Å²) in [5, 5.41) is 0.